The van der Waals surface area contributed by atoms with E-state index in [2.05, 4.69) is 10.4 Å². The first-order valence-electron chi connectivity index (χ1n) is 11.9. The highest BCUT2D eigenvalue weighted by Gasteiger charge is 2.32. The topological polar surface area (TPSA) is 84.5 Å². The molecule has 9 heteroatoms. The lowest BCUT2D eigenvalue weighted by Crippen LogP contribution is -2.40. The van der Waals surface area contributed by atoms with Crippen molar-refractivity contribution in [1.82, 2.24) is 14.3 Å². The molecule has 0 fully saturated rings. The number of hydrogen-bond donors (Lipinski definition) is 1. The van der Waals surface area contributed by atoms with Crippen LogP contribution in [-0.4, -0.2) is 34.4 Å². The fourth-order valence-corrected chi connectivity index (χ4v) is 5.50. The second-order valence-corrected chi connectivity index (χ2v) is 10.3. The first-order valence-corrected chi connectivity index (χ1v) is 12.7. The minimum Gasteiger partial charge on any atom is -0.378 e. The van der Waals surface area contributed by atoms with E-state index in [4.69, 9.17) is 4.99 Å². The average molecular weight is 513 g/mol. The summed E-state index contributed by atoms with van der Waals surface area (Å²) in [5.74, 6) is -0.279. The van der Waals surface area contributed by atoms with Crippen molar-refractivity contribution in [2.24, 2.45) is 12.0 Å². The lowest BCUT2D eigenvalue weighted by atomic mass is 9.94. The Kier molecular flexibility index (Phi) is 6.39. The minimum absolute atomic E-state index is 0.192. The van der Waals surface area contributed by atoms with E-state index in [-0.39, 0.29) is 11.5 Å². The quantitative estimate of drug-likeness (QED) is 0.446. The summed E-state index contributed by atoms with van der Waals surface area (Å²) >= 11 is 1.31. The highest BCUT2D eigenvalue weighted by molar-refractivity contribution is 7.07. The molecule has 0 spiro atoms. The molecule has 188 valence electrons. The molecule has 1 aliphatic heterocycles. The Morgan fingerprint density at radius 3 is 2.49 bits per heavy atom. The highest BCUT2D eigenvalue weighted by atomic mass is 32.1. The van der Waals surface area contributed by atoms with Gasteiger partial charge in [-0.05, 0) is 49.2 Å². The van der Waals surface area contributed by atoms with Crippen LogP contribution in [0.25, 0.3) is 6.08 Å². The van der Waals surface area contributed by atoms with Gasteiger partial charge in [0.2, 0.25) is 0 Å². The second-order valence-electron chi connectivity index (χ2n) is 9.28. The van der Waals surface area contributed by atoms with Gasteiger partial charge in [0, 0.05) is 44.3 Å². The van der Waals surface area contributed by atoms with Crippen LogP contribution in [0.3, 0.4) is 0 Å². The number of benzene rings is 2. The molecule has 0 saturated carbocycles. The molecular formula is C28H28N6O2S. The van der Waals surface area contributed by atoms with E-state index in [1.54, 1.807) is 15.4 Å². The largest absolute Gasteiger partial charge is 0.378 e. The van der Waals surface area contributed by atoms with Gasteiger partial charge in [0.15, 0.2) is 4.80 Å². The molecule has 3 heterocycles. The third-order valence-electron chi connectivity index (χ3n) is 6.41. The standard InChI is InChI=1S/C28H28N6O2S/c1-17-8-6-7-9-22(17)31-26(35)24-18(2)30-28-34(25(24)20-10-12-21(13-11-20)32(3)4)27(36)23(37-28)14-19-15-29-33(5)16-19/h6-16,25H,1-5H3,(H,31,35). The van der Waals surface area contributed by atoms with E-state index in [9.17, 15) is 9.59 Å². The molecular weight excluding hydrogens is 484 g/mol. The maximum Gasteiger partial charge on any atom is 0.271 e. The number of fused-ring (bicyclic) bond motifs is 1. The summed E-state index contributed by atoms with van der Waals surface area (Å²) in [4.78, 5) is 34.8. The predicted octanol–water partition coefficient (Wildman–Crippen LogP) is 2.98. The normalized spacial score (nSPS) is 15.4. The number of para-hydroxylation sites is 1. The number of allylic oxidation sites excluding steroid dienone is 1. The summed E-state index contributed by atoms with van der Waals surface area (Å²) in [5.41, 5.74) is 5.21. The number of hydrogen-bond acceptors (Lipinski definition) is 6. The van der Waals surface area contributed by atoms with Crippen LogP contribution < -0.4 is 25.1 Å². The zero-order chi connectivity index (χ0) is 26.3. The van der Waals surface area contributed by atoms with E-state index in [0.717, 1.165) is 28.1 Å². The number of nitrogens with one attached hydrogen (secondary N) is 1. The Morgan fingerprint density at radius 1 is 1.11 bits per heavy atom. The molecule has 0 bridgehead atoms. The van der Waals surface area contributed by atoms with E-state index >= 15 is 0 Å². The minimum atomic E-state index is -0.618. The van der Waals surface area contributed by atoms with Gasteiger partial charge in [-0.15, -0.1) is 0 Å². The number of aromatic nitrogens is 3. The van der Waals surface area contributed by atoms with Gasteiger partial charge in [0.05, 0.1) is 28.0 Å². The summed E-state index contributed by atoms with van der Waals surface area (Å²) in [6.07, 6.45) is 5.37. The van der Waals surface area contributed by atoms with Gasteiger partial charge in [-0.1, -0.05) is 41.7 Å². The fraction of sp³-hybridized carbons (Fsp3) is 0.214. The molecule has 1 amide bonds. The number of aryl methyl sites for hydroxylation is 2. The molecule has 0 saturated heterocycles. The van der Waals surface area contributed by atoms with Crippen LogP contribution in [-0.2, 0) is 11.8 Å². The smallest absolute Gasteiger partial charge is 0.271 e. The second kappa shape index (κ2) is 9.67. The number of anilines is 2. The third kappa shape index (κ3) is 4.65. The van der Waals surface area contributed by atoms with Crippen LogP contribution in [0, 0.1) is 6.92 Å². The molecule has 1 N–H and O–H groups in total. The summed E-state index contributed by atoms with van der Waals surface area (Å²) < 4.78 is 3.86. The van der Waals surface area contributed by atoms with Crippen molar-refractivity contribution in [3.63, 3.8) is 0 Å². The Bertz CT molecular complexity index is 1710. The summed E-state index contributed by atoms with van der Waals surface area (Å²) in [5, 5.41) is 7.24. The molecule has 8 nitrogen and oxygen atoms in total. The number of rotatable bonds is 5. The van der Waals surface area contributed by atoms with Gasteiger partial charge in [-0.3, -0.25) is 18.8 Å². The predicted molar refractivity (Wildman–Crippen MR) is 148 cm³/mol. The van der Waals surface area contributed by atoms with Crippen molar-refractivity contribution in [3.8, 4) is 0 Å². The number of carbonyl (C=O) groups excluding carboxylic acids is 1. The zero-order valence-corrected chi connectivity index (χ0v) is 22.2. The first-order chi connectivity index (χ1) is 17.7. The van der Waals surface area contributed by atoms with Gasteiger partial charge >= 0.3 is 0 Å². The molecule has 2 aromatic heterocycles. The number of amides is 1. The van der Waals surface area contributed by atoms with Crippen LogP contribution >= 0.6 is 11.3 Å². The Balaban J connectivity index is 1.67. The van der Waals surface area contributed by atoms with Crippen molar-refractivity contribution in [3.05, 3.63) is 109 Å². The van der Waals surface area contributed by atoms with Crippen molar-refractivity contribution in [1.29, 1.82) is 0 Å². The number of carbonyl (C=O) groups is 1. The van der Waals surface area contributed by atoms with E-state index in [0.29, 0.717) is 20.6 Å². The summed E-state index contributed by atoms with van der Waals surface area (Å²) in [6.45, 7) is 3.77. The van der Waals surface area contributed by atoms with Crippen LogP contribution in [0.5, 0.6) is 0 Å². The molecule has 5 rings (SSSR count). The van der Waals surface area contributed by atoms with Gasteiger partial charge in [0.25, 0.3) is 11.5 Å². The molecule has 1 unspecified atom stereocenters. The Hall–Kier alpha value is -4.24. The number of thiazole rings is 1. The van der Waals surface area contributed by atoms with E-state index in [1.807, 2.05) is 101 Å². The van der Waals surface area contributed by atoms with Crippen LogP contribution in [0.4, 0.5) is 11.4 Å². The van der Waals surface area contributed by atoms with Crippen molar-refractivity contribution >= 4 is 34.7 Å². The summed E-state index contributed by atoms with van der Waals surface area (Å²) in [7, 11) is 5.78. The van der Waals surface area contributed by atoms with Gasteiger partial charge in [0.1, 0.15) is 0 Å². The summed E-state index contributed by atoms with van der Waals surface area (Å²) in [6, 6.07) is 14.9. The highest BCUT2D eigenvalue weighted by Crippen LogP contribution is 2.32. The van der Waals surface area contributed by atoms with Crippen molar-refractivity contribution in [2.45, 2.75) is 19.9 Å². The molecule has 1 atom stereocenters. The first kappa shape index (κ1) is 24.5. The van der Waals surface area contributed by atoms with Crippen LogP contribution in [0.1, 0.15) is 29.7 Å². The third-order valence-corrected chi connectivity index (χ3v) is 7.39. The van der Waals surface area contributed by atoms with Crippen molar-refractivity contribution in [2.75, 3.05) is 24.3 Å². The van der Waals surface area contributed by atoms with E-state index in [1.165, 1.54) is 11.3 Å². The molecule has 1 aliphatic rings. The molecule has 0 radical (unpaired) electrons. The molecule has 0 aliphatic carbocycles. The van der Waals surface area contributed by atoms with Crippen molar-refractivity contribution < 1.29 is 4.79 Å². The van der Waals surface area contributed by atoms with Gasteiger partial charge in [-0.25, -0.2) is 4.99 Å². The molecule has 2 aromatic carbocycles. The lowest BCUT2D eigenvalue weighted by molar-refractivity contribution is -0.113. The zero-order valence-electron chi connectivity index (χ0n) is 21.4. The van der Waals surface area contributed by atoms with Gasteiger partial charge in [-0.2, -0.15) is 5.10 Å². The molecule has 37 heavy (non-hydrogen) atoms. The number of nitrogens with zero attached hydrogens (tertiary/aromatic N) is 5. The van der Waals surface area contributed by atoms with Gasteiger partial charge < -0.3 is 10.2 Å². The van der Waals surface area contributed by atoms with Crippen LogP contribution in [0.2, 0.25) is 0 Å². The molecule has 4 aromatic rings. The average Bonchev–Trinajstić information content (AvgIpc) is 3.41. The Labute approximate surface area is 218 Å². The SMILES string of the molecule is CC1=C(C(=O)Nc2ccccc2C)C(c2ccc(N(C)C)cc2)n2c(sc(=Cc3cnn(C)c3)c2=O)=N1. The maximum absolute atomic E-state index is 13.8. The van der Waals surface area contributed by atoms with Crippen LogP contribution in [0.15, 0.2) is 82.0 Å². The van der Waals surface area contributed by atoms with E-state index < -0.39 is 6.04 Å². The maximum atomic E-state index is 13.8. The lowest BCUT2D eigenvalue weighted by Gasteiger charge is -2.26. The monoisotopic (exact) mass is 512 g/mol. The fourth-order valence-electron chi connectivity index (χ4n) is 4.45. The Morgan fingerprint density at radius 2 is 1.84 bits per heavy atom.